The van der Waals surface area contributed by atoms with Gasteiger partial charge in [-0.25, -0.2) is 4.99 Å². The molecule has 2 rings (SSSR count). The van der Waals surface area contributed by atoms with Gasteiger partial charge in [-0.2, -0.15) is 0 Å². The molecule has 0 bridgehead atoms. The summed E-state index contributed by atoms with van der Waals surface area (Å²) in [5, 5.41) is 0. The minimum atomic E-state index is -0.0189. The predicted octanol–water partition coefficient (Wildman–Crippen LogP) is 3.47. The van der Waals surface area contributed by atoms with Crippen LogP contribution in [0.3, 0.4) is 0 Å². The Labute approximate surface area is 92.4 Å². The van der Waals surface area contributed by atoms with E-state index < -0.39 is 0 Å². The lowest BCUT2D eigenvalue weighted by Gasteiger charge is -2.08. The Balaban J connectivity index is 2.22. The molecular formula is C13H21NO. The molecule has 1 aliphatic carbocycles. The Hall–Kier alpha value is -0.790. The van der Waals surface area contributed by atoms with Crippen molar-refractivity contribution in [3.8, 4) is 0 Å². The van der Waals surface area contributed by atoms with Crippen LogP contribution in [0.15, 0.2) is 16.1 Å². The zero-order chi connectivity index (χ0) is 10.9. The Bertz CT molecular complexity index is 312. The predicted molar refractivity (Wildman–Crippen MR) is 63.3 cm³/mol. The molecular weight excluding hydrogens is 186 g/mol. The summed E-state index contributed by atoms with van der Waals surface area (Å²) in [6.07, 6.45) is 6.33. The molecule has 0 N–H and O–H groups in total. The van der Waals surface area contributed by atoms with Crippen LogP contribution in [0.4, 0.5) is 0 Å². The van der Waals surface area contributed by atoms with Crippen LogP contribution in [-0.2, 0) is 4.74 Å². The van der Waals surface area contributed by atoms with E-state index in [1.165, 1.54) is 36.8 Å². The summed E-state index contributed by atoms with van der Waals surface area (Å²) >= 11 is 0. The molecule has 2 heteroatoms. The molecule has 0 spiro atoms. The molecule has 0 atom stereocenters. The van der Waals surface area contributed by atoms with E-state index in [-0.39, 0.29) is 5.54 Å². The van der Waals surface area contributed by atoms with E-state index in [2.05, 4.69) is 25.8 Å². The molecule has 0 amide bonds. The van der Waals surface area contributed by atoms with Crippen molar-refractivity contribution in [1.82, 2.24) is 0 Å². The Morgan fingerprint density at radius 2 is 1.87 bits per heavy atom. The summed E-state index contributed by atoms with van der Waals surface area (Å²) in [5.41, 5.74) is 2.86. The van der Waals surface area contributed by atoms with Crippen LogP contribution in [0.1, 0.15) is 52.9 Å². The average Bonchev–Trinajstić information content (AvgIpc) is 2.39. The van der Waals surface area contributed by atoms with Gasteiger partial charge >= 0.3 is 0 Å². The van der Waals surface area contributed by atoms with Crippen LogP contribution in [0, 0.1) is 0 Å². The molecule has 0 saturated carbocycles. The van der Waals surface area contributed by atoms with Crippen molar-refractivity contribution in [2.24, 2.45) is 4.99 Å². The van der Waals surface area contributed by atoms with Gasteiger partial charge in [-0.1, -0.05) is 12.0 Å². The van der Waals surface area contributed by atoms with Gasteiger partial charge in [-0.05, 0) is 46.5 Å². The zero-order valence-corrected chi connectivity index (χ0v) is 10.1. The van der Waals surface area contributed by atoms with Crippen LogP contribution >= 0.6 is 0 Å². The summed E-state index contributed by atoms with van der Waals surface area (Å²) in [4.78, 5) is 4.67. The van der Waals surface area contributed by atoms with E-state index in [4.69, 9.17) is 4.74 Å². The average molecular weight is 207 g/mol. The Kier molecular flexibility index (Phi) is 2.85. The van der Waals surface area contributed by atoms with Crippen molar-refractivity contribution >= 4 is 5.90 Å². The van der Waals surface area contributed by atoms with E-state index in [0.29, 0.717) is 0 Å². The molecule has 1 heterocycles. The topological polar surface area (TPSA) is 21.6 Å². The van der Waals surface area contributed by atoms with Gasteiger partial charge in [0.05, 0.1) is 5.54 Å². The Morgan fingerprint density at radius 3 is 2.53 bits per heavy atom. The summed E-state index contributed by atoms with van der Waals surface area (Å²) in [5.74, 6) is 0.930. The fourth-order valence-corrected chi connectivity index (χ4v) is 2.26. The van der Waals surface area contributed by atoms with E-state index in [0.717, 1.165) is 18.9 Å². The molecule has 0 fully saturated rings. The summed E-state index contributed by atoms with van der Waals surface area (Å²) in [7, 11) is 0. The van der Waals surface area contributed by atoms with E-state index in [1.807, 2.05) is 0 Å². The monoisotopic (exact) mass is 207 g/mol. The normalized spacial score (nSPS) is 25.9. The van der Waals surface area contributed by atoms with Crippen molar-refractivity contribution in [2.45, 2.75) is 58.4 Å². The lowest BCUT2D eigenvalue weighted by molar-refractivity contribution is 0.278. The minimum Gasteiger partial charge on any atom is -0.475 e. The minimum absolute atomic E-state index is 0.0189. The standard InChI is InChI=1S/C13H21NO/c1-10-7-5-4-6-8-11(10)12-14-13(2,3)9-15-12/h4-9H2,1-3H3. The fourth-order valence-electron chi connectivity index (χ4n) is 2.26. The maximum atomic E-state index is 5.73. The van der Waals surface area contributed by atoms with Gasteiger partial charge in [0.15, 0.2) is 0 Å². The molecule has 0 saturated heterocycles. The number of hydrogen-bond donors (Lipinski definition) is 0. The zero-order valence-electron chi connectivity index (χ0n) is 10.1. The number of aliphatic imine (C=N–C) groups is 1. The summed E-state index contributed by atoms with van der Waals surface area (Å²) in [6.45, 7) is 7.23. The third-order valence-electron chi connectivity index (χ3n) is 3.22. The van der Waals surface area contributed by atoms with Crippen LogP contribution < -0.4 is 0 Å². The molecule has 84 valence electrons. The van der Waals surface area contributed by atoms with Crippen LogP contribution in [0.5, 0.6) is 0 Å². The van der Waals surface area contributed by atoms with Gasteiger partial charge in [-0.3, -0.25) is 0 Å². The van der Waals surface area contributed by atoms with Crippen molar-refractivity contribution in [3.63, 3.8) is 0 Å². The first-order chi connectivity index (χ1) is 7.08. The first kappa shape index (κ1) is 10.7. The van der Waals surface area contributed by atoms with Crippen LogP contribution in [-0.4, -0.2) is 18.0 Å². The molecule has 0 radical (unpaired) electrons. The third kappa shape index (κ3) is 2.42. The summed E-state index contributed by atoms with van der Waals surface area (Å²) in [6, 6.07) is 0. The van der Waals surface area contributed by atoms with Crippen LogP contribution in [0.25, 0.3) is 0 Å². The van der Waals surface area contributed by atoms with Gasteiger partial charge in [0, 0.05) is 5.57 Å². The van der Waals surface area contributed by atoms with E-state index in [1.54, 1.807) is 0 Å². The highest BCUT2D eigenvalue weighted by Crippen LogP contribution is 2.29. The number of rotatable bonds is 1. The maximum Gasteiger partial charge on any atom is 0.212 e. The largest absolute Gasteiger partial charge is 0.475 e. The molecule has 1 aliphatic heterocycles. The van der Waals surface area contributed by atoms with E-state index in [9.17, 15) is 0 Å². The summed E-state index contributed by atoms with van der Waals surface area (Å²) < 4.78 is 5.73. The highest BCUT2D eigenvalue weighted by atomic mass is 16.5. The van der Waals surface area contributed by atoms with Gasteiger partial charge in [0.25, 0.3) is 0 Å². The molecule has 0 unspecified atom stereocenters. The second-order valence-electron chi connectivity index (χ2n) is 5.34. The van der Waals surface area contributed by atoms with Gasteiger partial charge in [0.2, 0.25) is 5.90 Å². The number of allylic oxidation sites excluding steroid dienone is 1. The van der Waals surface area contributed by atoms with Crippen LogP contribution in [0.2, 0.25) is 0 Å². The SMILES string of the molecule is CC1=C(C2=NC(C)(C)CO2)CCCCC1. The van der Waals surface area contributed by atoms with Crippen molar-refractivity contribution in [3.05, 3.63) is 11.1 Å². The smallest absolute Gasteiger partial charge is 0.212 e. The van der Waals surface area contributed by atoms with Gasteiger partial charge in [-0.15, -0.1) is 0 Å². The molecule has 0 aromatic rings. The molecule has 15 heavy (non-hydrogen) atoms. The fraction of sp³-hybridized carbons (Fsp3) is 0.769. The number of nitrogens with zero attached hydrogens (tertiary/aromatic N) is 1. The molecule has 2 nitrogen and oxygen atoms in total. The van der Waals surface area contributed by atoms with Crippen molar-refractivity contribution < 1.29 is 4.74 Å². The second-order valence-corrected chi connectivity index (χ2v) is 5.34. The Morgan fingerprint density at radius 1 is 1.13 bits per heavy atom. The molecule has 2 aliphatic rings. The highest BCUT2D eigenvalue weighted by molar-refractivity contribution is 5.95. The first-order valence-electron chi connectivity index (χ1n) is 6.00. The highest BCUT2D eigenvalue weighted by Gasteiger charge is 2.28. The molecule has 0 aromatic heterocycles. The van der Waals surface area contributed by atoms with Crippen molar-refractivity contribution in [2.75, 3.05) is 6.61 Å². The molecule has 0 aromatic carbocycles. The second kappa shape index (κ2) is 3.99. The van der Waals surface area contributed by atoms with E-state index >= 15 is 0 Å². The van der Waals surface area contributed by atoms with Gasteiger partial charge in [0.1, 0.15) is 6.61 Å². The lowest BCUT2D eigenvalue weighted by Crippen LogP contribution is -2.17. The number of ether oxygens (including phenoxy) is 1. The quantitative estimate of drug-likeness (QED) is 0.645. The van der Waals surface area contributed by atoms with Crippen molar-refractivity contribution in [1.29, 1.82) is 0 Å². The maximum absolute atomic E-state index is 5.73. The third-order valence-corrected chi connectivity index (χ3v) is 3.22. The van der Waals surface area contributed by atoms with Gasteiger partial charge < -0.3 is 4.74 Å². The first-order valence-corrected chi connectivity index (χ1v) is 6.00. The lowest BCUT2D eigenvalue weighted by atomic mass is 10.0. The number of hydrogen-bond acceptors (Lipinski definition) is 2.